The molecule has 5 aliphatic rings. The summed E-state index contributed by atoms with van der Waals surface area (Å²) < 4.78 is 12.1. The molecule has 1 heterocycles. The van der Waals surface area contributed by atoms with Gasteiger partial charge in [-0.2, -0.15) is 0 Å². The molecule has 4 aliphatic carbocycles. The Morgan fingerprint density at radius 1 is 1.22 bits per heavy atom. The Bertz CT molecular complexity index is 717. The van der Waals surface area contributed by atoms with Crippen LogP contribution in [0.4, 0.5) is 0 Å². The standard InChI is InChI=1S/C21H30O6/c1-9-10-7-11-14-20(8-10,16(9)24)17(25)13(23)15-19(2,3)6-5-12(22)21(14,15)18(26-4)27-11/h10-16,18,22-24H,1,5-8H2,2-4H3/t10-,11-,12+,13+,14-,15-,16-,18+,20+,21-/m0/s1. The second-order valence-corrected chi connectivity index (χ2v) is 10.2. The third-order valence-electron chi connectivity index (χ3n) is 8.91. The predicted octanol–water partition coefficient (Wildman–Crippen LogP) is 1.03. The molecule has 0 aromatic rings. The molecule has 2 spiro atoms. The van der Waals surface area contributed by atoms with E-state index in [-0.39, 0.29) is 29.1 Å². The van der Waals surface area contributed by atoms with Crippen LogP contribution < -0.4 is 0 Å². The van der Waals surface area contributed by atoms with E-state index in [4.69, 9.17) is 9.47 Å². The van der Waals surface area contributed by atoms with Gasteiger partial charge in [0.2, 0.25) is 0 Å². The summed E-state index contributed by atoms with van der Waals surface area (Å²) in [6.45, 7) is 8.16. The first-order valence-corrected chi connectivity index (χ1v) is 10.1. The lowest BCUT2D eigenvalue weighted by Gasteiger charge is -2.65. The Hall–Kier alpha value is -0.790. The minimum Gasteiger partial charge on any atom is -0.392 e. The van der Waals surface area contributed by atoms with Crippen LogP contribution >= 0.6 is 0 Å². The maximum absolute atomic E-state index is 13.6. The fraction of sp³-hybridized carbons (Fsp3) is 0.857. The highest BCUT2D eigenvalue weighted by Gasteiger charge is 2.82. The van der Waals surface area contributed by atoms with E-state index >= 15 is 0 Å². The molecule has 0 aromatic heterocycles. The third-order valence-corrected chi connectivity index (χ3v) is 8.91. The Morgan fingerprint density at radius 3 is 2.59 bits per heavy atom. The number of hydrogen-bond donors (Lipinski definition) is 3. The number of hydrogen-bond acceptors (Lipinski definition) is 6. The molecule has 27 heavy (non-hydrogen) atoms. The molecule has 6 heteroatoms. The van der Waals surface area contributed by atoms with Crippen molar-refractivity contribution in [3.63, 3.8) is 0 Å². The van der Waals surface area contributed by atoms with Crippen molar-refractivity contribution < 1.29 is 29.6 Å². The zero-order valence-electron chi connectivity index (χ0n) is 16.2. The van der Waals surface area contributed by atoms with E-state index in [0.717, 1.165) is 0 Å². The first-order chi connectivity index (χ1) is 12.6. The van der Waals surface area contributed by atoms with E-state index in [1.165, 1.54) is 0 Å². The fourth-order valence-corrected chi connectivity index (χ4v) is 8.09. The van der Waals surface area contributed by atoms with Gasteiger partial charge in [-0.3, -0.25) is 4.79 Å². The number of carbonyl (C=O) groups excluding carboxylic acids is 1. The highest BCUT2D eigenvalue weighted by Crippen LogP contribution is 2.75. The van der Waals surface area contributed by atoms with Crippen molar-refractivity contribution in [3.05, 3.63) is 12.2 Å². The molecule has 4 saturated carbocycles. The van der Waals surface area contributed by atoms with Crippen molar-refractivity contribution in [1.29, 1.82) is 0 Å². The summed E-state index contributed by atoms with van der Waals surface area (Å²) >= 11 is 0. The number of ketones is 1. The first-order valence-electron chi connectivity index (χ1n) is 10.1. The Kier molecular flexibility index (Phi) is 3.53. The van der Waals surface area contributed by atoms with E-state index in [1.807, 2.05) is 0 Å². The van der Waals surface area contributed by atoms with E-state index < -0.39 is 41.3 Å². The van der Waals surface area contributed by atoms with Crippen molar-refractivity contribution in [3.8, 4) is 0 Å². The second kappa shape index (κ2) is 5.22. The van der Waals surface area contributed by atoms with Gasteiger partial charge in [0.25, 0.3) is 0 Å². The Morgan fingerprint density at radius 2 is 1.93 bits per heavy atom. The number of Topliss-reactive ketones (excluding diaryl/α,β-unsaturated/α-hetero) is 1. The molecule has 0 aromatic carbocycles. The molecule has 10 atom stereocenters. The van der Waals surface area contributed by atoms with E-state index in [1.54, 1.807) is 7.11 Å². The molecule has 0 unspecified atom stereocenters. The maximum Gasteiger partial charge on any atom is 0.171 e. The van der Waals surface area contributed by atoms with E-state index in [9.17, 15) is 20.1 Å². The summed E-state index contributed by atoms with van der Waals surface area (Å²) in [7, 11) is 1.56. The normalized spacial score (nSPS) is 58.1. The van der Waals surface area contributed by atoms with Crippen LogP contribution in [-0.4, -0.2) is 58.9 Å². The highest BCUT2D eigenvalue weighted by molar-refractivity contribution is 5.93. The molecule has 5 fully saturated rings. The number of aliphatic hydroxyl groups excluding tert-OH is 3. The van der Waals surface area contributed by atoms with Crippen molar-refractivity contribution in [2.75, 3.05) is 7.11 Å². The number of carbonyl (C=O) groups is 1. The van der Waals surface area contributed by atoms with Crippen molar-refractivity contribution >= 4 is 5.78 Å². The van der Waals surface area contributed by atoms with Crippen LogP contribution in [-0.2, 0) is 14.3 Å². The molecule has 150 valence electrons. The summed E-state index contributed by atoms with van der Waals surface area (Å²) in [5, 5.41) is 33.8. The molecule has 2 bridgehead atoms. The summed E-state index contributed by atoms with van der Waals surface area (Å²) in [6.07, 6.45) is -1.58. The number of aliphatic hydroxyl groups is 3. The average molecular weight is 378 g/mol. The minimum atomic E-state index is -1.26. The van der Waals surface area contributed by atoms with Gasteiger partial charge in [-0.15, -0.1) is 0 Å². The van der Waals surface area contributed by atoms with Gasteiger partial charge in [-0.05, 0) is 42.6 Å². The highest BCUT2D eigenvalue weighted by atomic mass is 16.7. The molecule has 0 radical (unpaired) electrons. The van der Waals surface area contributed by atoms with Gasteiger partial charge in [0.05, 0.1) is 29.1 Å². The van der Waals surface area contributed by atoms with Crippen molar-refractivity contribution in [1.82, 2.24) is 0 Å². The monoisotopic (exact) mass is 378 g/mol. The summed E-state index contributed by atoms with van der Waals surface area (Å²) in [6, 6.07) is 0. The molecular weight excluding hydrogens is 348 g/mol. The SMILES string of the molecule is C=C1[C@H]2C[C@@H]3O[C@@H](OC)[C@]45[C@H](O)CCC(C)(C)[C@@H]4[C@@H](O)C(=O)[C@@](C2)([C@H]1O)[C@H]35. The largest absolute Gasteiger partial charge is 0.392 e. The van der Waals surface area contributed by atoms with Crippen molar-refractivity contribution in [2.45, 2.75) is 70.2 Å². The number of fused-ring (bicyclic) bond motifs is 1. The van der Waals surface area contributed by atoms with Crippen LogP contribution in [0.3, 0.4) is 0 Å². The summed E-state index contributed by atoms with van der Waals surface area (Å²) in [5.41, 5.74) is -1.74. The zero-order valence-corrected chi connectivity index (χ0v) is 16.2. The van der Waals surface area contributed by atoms with Gasteiger partial charge in [-0.1, -0.05) is 20.4 Å². The third kappa shape index (κ3) is 1.75. The van der Waals surface area contributed by atoms with Crippen LogP contribution in [0.2, 0.25) is 0 Å². The Balaban J connectivity index is 1.80. The molecule has 5 rings (SSSR count). The van der Waals surface area contributed by atoms with Gasteiger partial charge in [0, 0.05) is 18.9 Å². The fourth-order valence-electron chi connectivity index (χ4n) is 8.09. The van der Waals surface area contributed by atoms with Gasteiger partial charge in [0.1, 0.15) is 6.10 Å². The predicted molar refractivity (Wildman–Crippen MR) is 95.4 cm³/mol. The molecule has 6 nitrogen and oxygen atoms in total. The van der Waals surface area contributed by atoms with Gasteiger partial charge >= 0.3 is 0 Å². The van der Waals surface area contributed by atoms with Crippen LogP contribution in [0.1, 0.15) is 39.5 Å². The van der Waals surface area contributed by atoms with Crippen LogP contribution in [0.5, 0.6) is 0 Å². The number of rotatable bonds is 1. The number of methoxy groups -OCH3 is 1. The van der Waals surface area contributed by atoms with Crippen LogP contribution in [0, 0.1) is 34.0 Å². The van der Waals surface area contributed by atoms with Crippen LogP contribution in [0.25, 0.3) is 0 Å². The molecule has 1 saturated heterocycles. The molecule has 3 N–H and O–H groups in total. The number of ether oxygens (including phenoxy) is 2. The van der Waals surface area contributed by atoms with E-state index in [0.29, 0.717) is 31.3 Å². The lowest BCUT2D eigenvalue weighted by molar-refractivity contribution is -0.272. The van der Waals surface area contributed by atoms with E-state index in [2.05, 4.69) is 20.4 Å². The topological polar surface area (TPSA) is 96.2 Å². The van der Waals surface area contributed by atoms with Gasteiger partial charge < -0.3 is 24.8 Å². The summed E-state index contributed by atoms with van der Waals surface area (Å²) in [4.78, 5) is 13.6. The van der Waals surface area contributed by atoms with Gasteiger partial charge in [0.15, 0.2) is 12.1 Å². The summed E-state index contributed by atoms with van der Waals surface area (Å²) in [5.74, 6) is -1.16. The molecule has 0 amide bonds. The Labute approximate surface area is 159 Å². The van der Waals surface area contributed by atoms with Gasteiger partial charge in [-0.25, -0.2) is 0 Å². The quantitative estimate of drug-likeness (QED) is 0.590. The lowest BCUT2D eigenvalue weighted by atomic mass is 9.38. The molecular formula is C21H30O6. The lowest BCUT2D eigenvalue weighted by Crippen LogP contribution is -2.74. The smallest absolute Gasteiger partial charge is 0.171 e. The average Bonchev–Trinajstić information content (AvgIpc) is 3.05. The second-order valence-electron chi connectivity index (χ2n) is 10.2. The first kappa shape index (κ1) is 18.3. The zero-order chi connectivity index (χ0) is 19.5. The van der Waals surface area contributed by atoms with Crippen LogP contribution in [0.15, 0.2) is 12.2 Å². The molecule has 1 aliphatic heterocycles. The maximum atomic E-state index is 13.6. The van der Waals surface area contributed by atoms with Crippen molar-refractivity contribution in [2.24, 2.45) is 34.0 Å². The minimum absolute atomic E-state index is 0.00431.